The minimum absolute atomic E-state index is 0.109. The Balaban J connectivity index is 1.90. The molecule has 1 N–H and O–H groups in total. The van der Waals surface area contributed by atoms with Crippen LogP contribution in [0.3, 0.4) is 0 Å². The molecule has 2 aromatic carbocycles. The van der Waals surface area contributed by atoms with Gasteiger partial charge in [-0.15, -0.1) is 0 Å². The van der Waals surface area contributed by atoms with Crippen LogP contribution in [0.5, 0.6) is 0 Å². The predicted octanol–water partition coefficient (Wildman–Crippen LogP) is 3.53. The van der Waals surface area contributed by atoms with E-state index in [0.717, 1.165) is 22.1 Å². The van der Waals surface area contributed by atoms with Crippen molar-refractivity contribution in [1.82, 2.24) is 13.7 Å². The number of hydrogen-bond acceptors (Lipinski definition) is 4. The topological polar surface area (TPSA) is 78.0 Å². The lowest BCUT2D eigenvalue weighted by atomic mass is 10.2. The molecule has 1 saturated carbocycles. The van der Waals surface area contributed by atoms with E-state index >= 15 is 0 Å². The summed E-state index contributed by atoms with van der Waals surface area (Å²) in [6, 6.07) is 18.1. The summed E-state index contributed by atoms with van der Waals surface area (Å²) in [6.45, 7) is 0. The largest absolute Gasteiger partial charge is 0.355 e. The van der Waals surface area contributed by atoms with Gasteiger partial charge < -0.3 is 5.32 Å². The van der Waals surface area contributed by atoms with Crippen LogP contribution in [0.15, 0.2) is 75.0 Å². The first-order valence-electron chi connectivity index (χ1n) is 9.95. The summed E-state index contributed by atoms with van der Waals surface area (Å²) < 4.78 is 5.24. The number of para-hydroxylation sites is 1. The third-order valence-corrected chi connectivity index (χ3v) is 6.22. The molecule has 31 heavy (non-hydrogen) atoms. The number of pyridine rings is 1. The van der Waals surface area contributed by atoms with E-state index in [0.29, 0.717) is 16.8 Å². The number of hydrogen-bond donors (Lipinski definition) is 1. The Morgan fingerprint density at radius 3 is 2.29 bits per heavy atom. The first kappa shape index (κ1) is 19.8. The molecule has 1 aliphatic rings. The number of aromatic nitrogens is 3. The minimum Gasteiger partial charge on any atom is -0.355 e. The van der Waals surface area contributed by atoms with Crippen molar-refractivity contribution < 1.29 is 0 Å². The highest BCUT2D eigenvalue weighted by molar-refractivity contribution is 14.1. The highest BCUT2D eigenvalue weighted by Crippen LogP contribution is 2.33. The molecule has 0 bridgehead atoms. The van der Waals surface area contributed by atoms with E-state index in [1.165, 1.54) is 19.8 Å². The van der Waals surface area contributed by atoms with Gasteiger partial charge >= 0.3 is 5.69 Å². The Labute approximate surface area is 190 Å². The molecule has 8 heteroatoms. The minimum atomic E-state index is -0.424. The van der Waals surface area contributed by atoms with E-state index in [9.17, 15) is 14.4 Å². The third-order valence-electron chi connectivity index (χ3n) is 5.50. The highest BCUT2D eigenvalue weighted by atomic mass is 127. The van der Waals surface area contributed by atoms with Crippen LogP contribution in [0.25, 0.3) is 16.7 Å². The van der Waals surface area contributed by atoms with Gasteiger partial charge in [-0.3, -0.25) is 18.7 Å². The molecule has 7 nitrogen and oxygen atoms in total. The number of fused-ring (bicyclic) bond motifs is 1. The second-order valence-electron chi connectivity index (χ2n) is 7.65. The van der Waals surface area contributed by atoms with Gasteiger partial charge in [0.25, 0.3) is 11.1 Å². The molecule has 5 rings (SSSR count). The molecule has 156 valence electrons. The van der Waals surface area contributed by atoms with E-state index in [-0.39, 0.29) is 22.8 Å². The van der Waals surface area contributed by atoms with Crippen LogP contribution >= 0.6 is 22.6 Å². The molecule has 2 aromatic heterocycles. The maximum absolute atomic E-state index is 13.5. The first-order valence-corrected chi connectivity index (χ1v) is 11.0. The van der Waals surface area contributed by atoms with E-state index in [1.54, 1.807) is 19.2 Å². The molecule has 0 spiro atoms. The molecule has 0 atom stereocenters. The second-order valence-corrected chi connectivity index (χ2v) is 8.89. The van der Waals surface area contributed by atoms with Crippen molar-refractivity contribution in [2.24, 2.45) is 7.05 Å². The Morgan fingerprint density at radius 1 is 0.968 bits per heavy atom. The van der Waals surface area contributed by atoms with Crippen molar-refractivity contribution in [2.45, 2.75) is 18.9 Å². The number of halogens is 1. The molecular formula is C23H19IN4O3. The van der Waals surface area contributed by atoms with Gasteiger partial charge in [0.2, 0.25) is 0 Å². The first-order chi connectivity index (χ1) is 15.0. The maximum atomic E-state index is 13.5. The summed E-state index contributed by atoms with van der Waals surface area (Å²) in [5.41, 5.74) is 0.916. The Kier molecular flexibility index (Phi) is 4.81. The number of anilines is 2. The molecule has 1 fully saturated rings. The van der Waals surface area contributed by atoms with E-state index < -0.39 is 5.69 Å². The molecule has 1 aliphatic carbocycles. The Bertz CT molecular complexity index is 1480. The monoisotopic (exact) mass is 526 g/mol. The van der Waals surface area contributed by atoms with Gasteiger partial charge in [0.15, 0.2) is 0 Å². The molecule has 0 aliphatic heterocycles. The quantitative estimate of drug-likeness (QED) is 0.413. The fourth-order valence-electron chi connectivity index (χ4n) is 3.82. The molecule has 4 aromatic rings. The predicted molar refractivity (Wildman–Crippen MR) is 130 cm³/mol. The van der Waals surface area contributed by atoms with Crippen molar-refractivity contribution in [3.63, 3.8) is 0 Å². The Morgan fingerprint density at radius 2 is 1.65 bits per heavy atom. The lowest BCUT2D eigenvalue weighted by molar-refractivity contribution is 0.637. The third kappa shape index (κ3) is 3.40. The van der Waals surface area contributed by atoms with Gasteiger partial charge in [0, 0.05) is 28.4 Å². The lowest BCUT2D eigenvalue weighted by Gasteiger charge is -2.18. The molecular weight excluding hydrogens is 507 g/mol. The van der Waals surface area contributed by atoms with Crippen molar-refractivity contribution in [3.8, 4) is 5.69 Å². The summed E-state index contributed by atoms with van der Waals surface area (Å²) in [7, 11) is 1.58. The zero-order chi connectivity index (χ0) is 21.7. The number of benzene rings is 2. The van der Waals surface area contributed by atoms with Gasteiger partial charge in [-0.2, -0.15) is 0 Å². The standard InChI is InChI=1S/C23H19IN4O3/c1-26-19(29)13-18(25-15-9-7-14(24)8-10-15)20-21(26)27(16-5-3-2-4-6-16)23(31)28(22(20)30)17-11-12-17/h2-10,13,17,25H,11-12H2,1H3. The zero-order valence-electron chi connectivity index (χ0n) is 16.7. The Hall–Kier alpha value is -3.14. The fraction of sp³-hybridized carbons (Fsp3) is 0.174. The van der Waals surface area contributed by atoms with Gasteiger partial charge in [-0.25, -0.2) is 9.36 Å². The lowest BCUT2D eigenvalue weighted by Crippen LogP contribution is -2.41. The molecule has 2 heterocycles. The molecule has 0 radical (unpaired) electrons. The number of nitrogens with one attached hydrogen (secondary N) is 1. The SMILES string of the molecule is Cn1c(=O)cc(Nc2ccc(I)cc2)c2c(=O)n(C3CC3)c(=O)n(-c3ccccc3)c21. The second kappa shape index (κ2) is 7.52. The van der Waals surface area contributed by atoms with Crippen LogP contribution in [0.4, 0.5) is 11.4 Å². The van der Waals surface area contributed by atoms with E-state index in [1.807, 2.05) is 42.5 Å². The maximum Gasteiger partial charge on any atom is 0.337 e. The zero-order valence-corrected chi connectivity index (χ0v) is 18.9. The molecule has 0 saturated heterocycles. The molecule has 0 amide bonds. The van der Waals surface area contributed by atoms with Crippen LogP contribution in [-0.4, -0.2) is 13.7 Å². The summed E-state index contributed by atoms with van der Waals surface area (Å²) in [6.07, 6.45) is 1.59. The summed E-state index contributed by atoms with van der Waals surface area (Å²) in [5.74, 6) is 0. The van der Waals surface area contributed by atoms with Gasteiger partial charge in [0.05, 0.1) is 11.4 Å². The fourth-order valence-corrected chi connectivity index (χ4v) is 4.17. The number of rotatable bonds is 4. The van der Waals surface area contributed by atoms with Crippen molar-refractivity contribution >= 4 is 45.0 Å². The van der Waals surface area contributed by atoms with Crippen LogP contribution in [0, 0.1) is 3.57 Å². The average Bonchev–Trinajstić information content (AvgIpc) is 3.59. The smallest absolute Gasteiger partial charge is 0.337 e. The highest BCUT2D eigenvalue weighted by Gasteiger charge is 2.30. The van der Waals surface area contributed by atoms with Crippen molar-refractivity contribution in [3.05, 3.63) is 95.4 Å². The van der Waals surface area contributed by atoms with Gasteiger partial charge in [-0.1, -0.05) is 18.2 Å². The van der Waals surface area contributed by atoms with Crippen molar-refractivity contribution in [1.29, 1.82) is 0 Å². The van der Waals surface area contributed by atoms with E-state index in [4.69, 9.17) is 0 Å². The van der Waals surface area contributed by atoms with Crippen LogP contribution in [-0.2, 0) is 7.05 Å². The number of aryl methyl sites for hydroxylation is 1. The summed E-state index contributed by atoms with van der Waals surface area (Å²) in [5, 5.41) is 3.54. The van der Waals surface area contributed by atoms with Gasteiger partial charge in [-0.05, 0) is 71.8 Å². The normalized spacial score (nSPS) is 13.5. The van der Waals surface area contributed by atoms with Crippen LogP contribution in [0.2, 0.25) is 0 Å². The summed E-state index contributed by atoms with van der Waals surface area (Å²) in [4.78, 5) is 39.8. The molecule has 0 unspecified atom stereocenters. The van der Waals surface area contributed by atoms with Crippen molar-refractivity contribution in [2.75, 3.05) is 5.32 Å². The van der Waals surface area contributed by atoms with Gasteiger partial charge in [0.1, 0.15) is 11.0 Å². The van der Waals surface area contributed by atoms with Crippen LogP contribution < -0.4 is 22.1 Å². The van der Waals surface area contributed by atoms with E-state index in [2.05, 4.69) is 27.9 Å². The van der Waals surface area contributed by atoms with Crippen LogP contribution in [0.1, 0.15) is 18.9 Å². The number of nitrogens with zero attached hydrogens (tertiary/aromatic N) is 3. The summed E-state index contributed by atoms with van der Waals surface area (Å²) >= 11 is 2.22. The average molecular weight is 526 g/mol.